The SMILES string of the molecule is O=C(NC1(CBr)CC1)c1c(F)cccc1F. The summed E-state index contributed by atoms with van der Waals surface area (Å²) in [5, 5.41) is 3.25. The van der Waals surface area contributed by atoms with Crippen molar-refractivity contribution < 1.29 is 13.6 Å². The van der Waals surface area contributed by atoms with Crippen LogP contribution in [0.25, 0.3) is 0 Å². The van der Waals surface area contributed by atoms with Crippen LogP contribution in [0.5, 0.6) is 0 Å². The van der Waals surface area contributed by atoms with Crippen LogP contribution in [0.15, 0.2) is 18.2 Å². The Labute approximate surface area is 100 Å². The van der Waals surface area contributed by atoms with Crippen molar-refractivity contribution in [3.8, 4) is 0 Å². The predicted octanol–water partition coefficient (Wildman–Crippen LogP) is 2.62. The van der Waals surface area contributed by atoms with Crippen molar-refractivity contribution in [2.45, 2.75) is 18.4 Å². The monoisotopic (exact) mass is 289 g/mol. The first kappa shape index (κ1) is 11.5. The number of hydrogen-bond acceptors (Lipinski definition) is 1. The zero-order chi connectivity index (χ0) is 11.8. The molecule has 0 bridgehead atoms. The van der Waals surface area contributed by atoms with Gasteiger partial charge in [-0.3, -0.25) is 4.79 Å². The van der Waals surface area contributed by atoms with E-state index in [0.29, 0.717) is 5.33 Å². The number of alkyl halides is 1. The van der Waals surface area contributed by atoms with E-state index in [4.69, 9.17) is 0 Å². The van der Waals surface area contributed by atoms with Crippen molar-refractivity contribution >= 4 is 21.8 Å². The molecule has 86 valence electrons. The van der Waals surface area contributed by atoms with Crippen LogP contribution in [0, 0.1) is 11.6 Å². The number of halogens is 3. The van der Waals surface area contributed by atoms with Crippen molar-refractivity contribution in [3.05, 3.63) is 35.4 Å². The maximum absolute atomic E-state index is 13.3. The summed E-state index contributed by atoms with van der Waals surface area (Å²) in [6, 6.07) is 3.39. The second kappa shape index (κ2) is 4.13. The molecule has 1 aromatic carbocycles. The highest BCUT2D eigenvalue weighted by Crippen LogP contribution is 2.37. The lowest BCUT2D eigenvalue weighted by atomic mass is 10.1. The molecule has 1 amide bonds. The van der Waals surface area contributed by atoms with Gasteiger partial charge < -0.3 is 5.32 Å². The molecular formula is C11H10BrF2NO. The van der Waals surface area contributed by atoms with Crippen molar-refractivity contribution in [2.75, 3.05) is 5.33 Å². The normalized spacial score (nSPS) is 16.9. The molecule has 2 rings (SSSR count). The van der Waals surface area contributed by atoms with Crippen LogP contribution in [-0.2, 0) is 0 Å². The third-order valence-electron chi connectivity index (χ3n) is 2.68. The number of benzene rings is 1. The largest absolute Gasteiger partial charge is 0.346 e. The van der Waals surface area contributed by atoms with Gasteiger partial charge in [-0.2, -0.15) is 0 Å². The van der Waals surface area contributed by atoms with E-state index in [1.807, 2.05) is 0 Å². The topological polar surface area (TPSA) is 29.1 Å². The predicted molar refractivity (Wildman–Crippen MR) is 59.6 cm³/mol. The molecular weight excluding hydrogens is 280 g/mol. The summed E-state index contributed by atoms with van der Waals surface area (Å²) in [7, 11) is 0. The average Bonchev–Trinajstić information content (AvgIpc) is 2.98. The van der Waals surface area contributed by atoms with E-state index in [-0.39, 0.29) is 5.54 Å². The second-order valence-electron chi connectivity index (χ2n) is 3.96. The van der Waals surface area contributed by atoms with Crippen molar-refractivity contribution in [2.24, 2.45) is 0 Å². The van der Waals surface area contributed by atoms with Crippen LogP contribution < -0.4 is 5.32 Å². The van der Waals surface area contributed by atoms with E-state index < -0.39 is 23.1 Å². The molecule has 5 heteroatoms. The molecule has 1 saturated carbocycles. The Balaban J connectivity index is 2.21. The van der Waals surface area contributed by atoms with E-state index in [2.05, 4.69) is 21.2 Å². The highest BCUT2D eigenvalue weighted by atomic mass is 79.9. The number of carbonyl (C=O) groups excluding carboxylic acids is 1. The molecule has 1 aromatic rings. The quantitative estimate of drug-likeness (QED) is 0.852. The molecule has 0 spiro atoms. The Kier molecular flexibility index (Phi) is 2.97. The third-order valence-corrected chi connectivity index (χ3v) is 3.75. The molecule has 0 unspecified atom stereocenters. The van der Waals surface area contributed by atoms with Crippen molar-refractivity contribution in [3.63, 3.8) is 0 Å². The van der Waals surface area contributed by atoms with Gasteiger partial charge in [0.1, 0.15) is 17.2 Å². The van der Waals surface area contributed by atoms with E-state index >= 15 is 0 Å². The molecule has 0 atom stereocenters. The standard InChI is InChI=1S/C11H10BrF2NO/c12-6-11(4-5-11)15-10(16)9-7(13)2-1-3-8(9)14/h1-3H,4-6H2,(H,15,16). The van der Waals surface area contributed by atoms with Gasteiger partial charge >= 0.3 is 0 Å². The molecule has 1 aliphatic carbocycles. The molecule has 16 heavy (non-hydrogen) atoms. The van der Waals surface area contributed by atoms with Gasteiger partial charge in [0.25, 0.3) is 5.91 Å². The Bertz CT molecular complexity index is 412. The molecule has 0 saturated heterocycles. The Morgan fingerprint density at radius 3 is 2.38 bits per heavy atom. The number of rotatable bonds is 3. The van der Waals surface area contributed by atoms with Gasteiger partial charge in [0.05, 0.1) is 5.54 Å². The molecule has 0 heterocycles. The summed E-state index contributed by atoms with van der Waals surface area (Å²) >= 11 is 3.27. The average molecular weight is 290 g/mol. The lowest BCUT2D eigenvalue weighted by molar-refractivity contribution is 0.0928. The fraction of sp³-hybridized carbons (Fsp3) is 0.364. The minimum Gasteiger partial charge on any atom is -0.346 e. The molecule has 0 radical (unpaired) electrons. The van der Waals surface area contributed by atoms with E-state index in [1.165, 1.54) is 6.07 Å². The van der Waals surface area contributed by atoms with Gasteiger partial charge in [0.2, 0.25) is 0 Å². The minimum atomic E-state index is -0.831. The summed E-state index contributed by atoms with van der Waals surface area (Å²) in [6.45, 7) is 0. The molecule has 1 N–H and O–H groups in total. The van der Waals surface area contributed by atoms with Gasteiger partial charge in [-0.25, -0.2) is 8.78 Å². The molecule has 1 fully saturated rings. The van der Waals surface area contributed by atoms with Gasteiger partial charge in [-0.05, 0) is 25.0 Å². The molecule has 2 nitrogen and oxygen atoms in total. The fourth-order valence-electron chi connectivity index (χ4n) is 1.46. The van der Waals surface area contributed by atoms with Crippen LogP contribution in [0.4, 0.5) is 8.78 Å². The van der Waals surface area contributed by atoms with Crippen LogP contribution in [0.2, 0.25) is 0 Å². The summed E-state index contributed by atoms with van der Waals surface area (Å²) in [6.07, 6.45) is 1.67. The summed E-state index contributed by atoms with van der Waals surface area (Å²) in [4.78, 5) is 11.7. The first-order valence-corrected chi connectivity index (χ1v) is 6.03. The molecule has 0 aromatic heterocycles. The number of carbonyl (C=O) groups is 1. The fourth-order valence-corrected chi connectivity index (χ4v) is 2.16. The van der Waals surface area contributed by atoms with Crippen LogP contribution in [-0.4, -0.2) is 16.8 Å². The van der Waals surface area contributed by atoms with Crippen molar-refractivity contribution in [1.29, 1.82) is 0 Å². The van der Waals surface area contributed by atoms with E-state index in [0.717, 1.165) is 25.0 Å². The minimum absolute atomic E-state index is 0.314. The molecule has 0 aliphatic heterocycles. The second-order valence-corrected chi connectivity index (χ2v) is 4.53. The first-order chi connectivity index (χ1) is 7.58. The number of amides is 1. The van der Waals surface area contributed by atoms with Gasteiger partial charge in [0.15, 0.2) is 0 Å². The van der Waals surface area contributed by atoms with Gasteiger partial charge in [-0.15, -0.1) is 0 Å². The Morgan fingerprint density at radius 2 is 1.94 bits per heavy atom. The van der Waals surface area contributed by atoms with E-state index in [1.54, 1.807) is 0 Å². The maximum atomic E-state index is 13.3. The van der Waals surface area contributed by atoms with Crippen LogP contribution >= 0.6 is 15.9 Å². The third kappa shape index (κ3) is 2.09. The lowest BCUT2D eigenvalue weighted by Gasteiger charge is -2.14. The first-order valence-electron chi connectivity index (χ1n) is 4.90. The Hall–Kier alpha value is -0.970. The van der Waals surface area contributed by atoms with Crippen LogP contribution in [0.3, 0.4) is 0 Å². The zero-order valence-corrected chi connectivity index (χ0v) is 9.98. The number of nitrogens with one attached hydrogen (secondary N) is 1. The van der Waals surface area contributed by atoms with Crippen LogP contribution in [0.1, 0.15) is 23.2 Å². The zero-order valence-electron chi connectivity index (χ0n) is 8.40. The molecule has 1 aliphatic rings. The van der Waals surface area contributed by atoms with Gasteiger partial charge in [0, 0.05) is 5.33 Å². The maximum Gasteiger partial charge on any atom is 0.257 e. The van der Waals surface area contributed by atoms with Gasteiger partial charge in [-0.1, -0.05) is 22.0 Å². The Morgan fingerprint density at radius 1 is 1.38 bits per heavy atom. The summed E-state index contributed by atoms with van der Waals surface area (Å²) in [5.74, 6) is -2.35. The number of hydrogen-bond donors (Lipinski definition) is 1. The highest BCUT2D eigenvalue weighted by Gasteiger charge is 2.43. The van der Waals surface area contributed by atoms with Crippen molar-refractivity contribution in [1.82, 2.24) is 5.32 Å². The smallest absolute Gasteiger partial charge is 0.257 e. The van der Waals surface area contributed by atoms with E-state index in [9.17, 15) is 13.6 Å². The summed E-state index contributed by atoms with van der Waals surface area (Å²) in [5.41, 5.74) is -0.819. The lowest BCUT2D eigenvalue weighted by Crippen LogP contribution is -2.38. The summed E-state index contributed by atoms with van der Waals surface area (Å²) < 4.78 is 26.6. The highest BCUT2D eigenvalue weighted by molar-refractivity contribution is 9.09.